The van der Waals surface area contributed by atoms with Gasteiger partial charge in [0.15, 0.2) is 0 Å². The molecular formula is C26H33N3O2S. The van der Waals surface area contributed by atoms with Crippen LogP contribution in [0.5, 0.6) is 0 Å². The van der Waals surface area contributed by atoms with E-state index in [0.29, 0.717) is 5.75 Å². The summed E-state index contributed by atoms with van der Waals surface area (Å²) in [6.07, 6.45) is 3.22. The summed E-state index contributed by atoms with van der Waals surface area (Å²) in [6, 6.07) is 13.7. The molecular weight excluding hydrogens is 418 g/mol. The lowest BCUT2D eigenvalue weighted by Crippen LogP contribution is -2.54. The molecule has 2 fully saturated rings. The SMILES string of the molecule is Cc1ccc([C@@H]2SC[C@H](C(=O)N3CCCC[C@H]3C)N2C(=O)Nc2ccc(C)c(C)c2)cc1. The highest BCUT2D eigenvalue weighted by Crippen LogP contribution is 2.42. The first kappa shape index (κ1) is 22.7. The number of hydrogen-bond acceptors (Lipinski definition) is 3. The summed E-state index contributed by atoms with van der Waals surface area (Å²) in [7, 11) is 0. The Bertz CT molecular complexity index is 991. The highest BCUT2D eigenvalue weighted by atomic mass is 32.2. The van der Waals surface area contributed by atoms with Gasteiger partial charge in [0, 0.05) is 24.0 Å². The lowest BCUT2D eigenvalue weighted by molar-refractivity contribution is -0.138. The van der Waals surface area contributed by atoms with E-state index in [1.807, 2.05) is 30.0 Å². The van der Waals surface area contributed by atoms with Crippen LogP contribution in [-0.2, 0) is 4.79 Å². The van der Waals surface area contributed by atoms with E-state index in [4.69, 9.17) is 0 Å². The van der Waals surface area contributed by atoms with Gasteiger partial charge in [-0.3, -0.25) is 9.69 Å². The number of likely N-dealkylation sites (tertiary alicyclic amines) is 1. The van der Waals surface area contributed by atoms with Gasteiger partial charge in [-0.05, 0) is 75.8 Å². The zero-order valence-electron chi connectivity index (χ0n) is 19.4. The van der Waals surface area contributed by atoms with Gasteiger partial charge in [-0.15, -0.1) is 11.8 Å². The predicted molar refractivity (Wildman–Crippen MR) is 132 cm³/mol. The number of amides is 3. The van der Waals surface area contributed by atoms with Crippen LogP contribution in [0.1, 0.15) is 53.8 Å². The van der Waals surface area contributed by atoms with Crippen LogP contribution in [0.2, 0.25) is 0 Å². The zero-order valence-corrected chi connectivity index (χ0v) is 20.2. The minimum Gasteiger partial charge on any atom is -0.338 e. The van der Waals surface area contributed by atoms with E-state index in [9.17, 15) is 9.59 Å². The van der Waals surface area contributed by atoms with Crippen molar-refractivity contribution in [1.29, 1.82) is 0 Å². The fourth-order valence-corrected chi connectivity index (χ4v) is 5.98. The van der Waals surface area contributed by atoms with Gasteiger partial charge in [0.05, 0.1) is 0 Å². The number of urea groups is 1. The third kappa shape index (κ3) is 4.65. The van der Waals surface area contributed by atoms with Crippen LogP contribution in [0.3, 0.4) is 0 Å². The second-order valence-corrected chi connectivity index (χ2v) is 10.2. The molecule has 0 spiro atoms. The highest BCUT2D eigenvalue weighted by molar-refractivity contribution is 7.99. The number of aryl methyl sites for hydroxylation is 3. The number of piperidine rings is 1. The first-order valence-corrected chi connectivity index (χ1v) is 12.6. The van der Waals surface area contributed by atoms with Gasteiger partial charge in [-0.2, -0.15) is 0 Å². The summed E-state index contributed by atoms with van der Waals surface area (Å²) in [4.78, 5) is 30.9. The maximum atomic E-state index is 13.6. The van der Waals surface area contributed by atoms with E-state index in [0.717, 1.165) is 42.6 Å². The van der Waals surface area contributed by atoms with Gasteiger partial charge in [0.25, 0.3) is 0 Å². The molecule has 0 radical (unpaired) electrons. The molecule has 6 heteroatoms. The van der Waals surface area contributed by atoms with Crippen molar-refractivity contribution in [2.75, 3.05) is 17.6 Å². The molecule has 2 aliphatic heterocycles. The normalized spacial score (nSPS) is 23.3. The first-order chi connectivity index (χ1) is 15.3. The molecule has 0 saturated carbocycles. The number of hydrogen-bond donors (Lipinski definition) is 1. The molecule has 32 heavy (non-hydrogen) atoms. The lowest BCUT2D eigenvalue weighted by Gasteiger charge is -2.38. The fraction of sp³-hybridized carbons (Fsp3) is 0.462. The average Bonchev–Trinajstić information content (AvgIpc) is 3.22. The van der Waals surface area contributed by atoms with Crippen LogP contribution in [0.25, 0.3) is 0 Å². The van der Waals surface area contributed by atoms with Crippen LogP contribution in [0.4, 0.5) is 10.5 Å². The number of rotatable bonds is 3. The molecule has 2 aromatic carbocycles. The van der Waals surface area contributed by atoms with Crippen LogP contribution in [0, 0.1) is 20.8 Å². The molecule has 2 aromatic rings. The summed E-state index contributed by atoms with van der Waals surface area (Å²) in [5.41, 5.74) is 5.30. The fourth-order valence-electron chi connectivity index (χ4n) is 4.56. The zero-order chi connectivity index (χ0) is 22.8. The third-order valence-corrected chi connectivity index (χ3v) is 8.05. The molecule has 0 unspecified atom stereocenters. The Labute approximate surface area is 195 Å². The van der Waals surface area contributed by atoms with E-state index < -0.39 is 6.04 Å². The number of thioether (sulfide) groups is 1. The van der Waals surface area contributed by atoms with Gasteiger partial charge < -0.3 is 10.2 Å². The monoisotopic (exact) mass is 451 g/mol. The Hall–Kier alpha value is -2.47. The molecule has 170 valence electrons. The van der Waals surface area contributed by atoms with Gasteiger partial charge >= 0.3 is 6.03 Å². The molecule has 3 amide bonds. The second-order valence-electron chi connectivity index (χ2n) is 9.13. The smallest absolute Gasteiger partial charge is 0.323 e. The van der Waals surface area contributed by atoms with Crippen molar-refractivity contribution < 1.29 is 9.59 Å². The molecule has 2 aliphatic rings. The van der Waals surface area contributed by atoms with Gasteiger partial charge in [0.2, 0.25) is 5.91 Å². The molecule has 2 saturated heterocycles. The van der Waals surface area contributed by atoms with E-state index >= 15 is 0 Å². The van der Waals surface area contributed by atoms with E-state index in [2.05, 4.69) is 50.4 Å². The molecule has 1 N–H and O–H groups in total. The number of carbonyl (C=O) groups is 2. The molecule has 2 heterocycles. The minimum atomic E-state index is -0.460. The van der Waals surface area contributed by atoms with Crippen molar-refractivity contribution >= 4 is 29.4 Å². The first-order valence-electron chi connectivity index (χ1n) is 11.5. The van der Waals surface area contributed by atoms with E-state index in [1.165, 1.54) is 11.1 Å². The van der Waals surface area contributed by atoms with Crippen molar-refractivity contribution in [1.82, 2.24) is 9.80 Å². The summed E-state index contributed by atoms with van der Waals surface area (Å²) < 4.78 is 0. The number of carbonyl (C=O) groups excluding carboxylic acids is 2. The van der Waals surface area contributed by atoms with Gasteiger partial charge in [0.1, 0.15) is 11.4 Å². The predicted octanol–water partition coefficient (Wildman–Crippen LogP) is 5.66. The second kappa shape index (κ2) is 9.57. The topological polar surface area (TPSA) is 52.7 Å². The van der Waals surface area contributed by atoms with Crippen molar-refractivity contribution in [3.05, 3.63) is 64.7 Å². The number of nitrogens with one attached hydrogen (secondary N) is 1. The largest absolute Gasteiger partial charge is 0.338 e. The summed E-state index contributed by atoms with van der Waals surface area (Å²) in [6.45, 7) is 9.05. The molecule has 4 rings (SSSR count). The molecule has 3 atom stereocenters. The summed E-state index contributed by atoms with van der Waals surface area (Å²) in [5.74, 6) is 0.690. The Balaban J connectivity index is 1.63. The average molecular weight is 452 g/mol. The molecule has 0 aromatic heterocycles. The number of anilines is 1. The Morgan fingerprint density at radius 3 is 2.44 bits per heavy atom. The standard InChI is InChI=1S/C26H33N3O2S/c1-17-8-11-21(12-9-17)25-29(26(31)27-22-13-10-18(2)19(3)15-22)23(16-32-25)24(30)28-14-6-5-7-20(28)4/h8-13,15,20,23,25H,5-7,14,16H2,1-4H3,(H,27,31)/t20-,23-,25+/m1/s1. The van der Waals surface area contributed by atoms with Crippen LogP contribution >= 0.6 is 11.8 Å². The Morgan fingerprint density at radius 1 is 1.00 bits per heavy atom. The maximum Gasteiger partial charge on any atom is 0.323 e. The van der Waals surface area contributed by atoms with Crippen molar-refractivity contribution in [2.45, 2.75) is 64.4 Å². The van der Waals surface area contributed by atoms with Crippen molar-refractivity contribution in [2.24, 2.45) is 0 Å². The number of benzene rings is 2. The Morgan fingerprint density at radius 2 is 1.75 bits per heavy atom. The van der Waals surface area contributed by atoms with Gasteiger partial charge in [-0.25, -0.2) is 4.79 Å². The van der Waals surface area contributed by atoms with Gasteiger partial charge in [-0.1, -0.05) is 35.9 Å². The van der Waals surface area contributed by atoms with E-state index in [1.54, 1.807) is 16.7 Å². The maximum absolute atomic E-state index is 13.6. The molecule has 5 nitrogen and oxygen atoms in total. The van der Waals surface area contributed by atoms with Crippen molar-refractivity contribution in [3.63, 3.8) is 0 Å². The summed E-state index contributed by atoms with van der Waals surface area (Å²) in [5, 5.41) is 2.88. The third-order valence-electron chi connectivity index (χ3n) is 6.73. The molecule has 0 aliphatic carbocycles. The molecule has 0 bridgehead atoms. The quantitative estimate of drug-likeness (QED) is 0.655. The van der Waals surface area contributed by atoms with Crippen molar-refractivity contribution in [3.8, 4) is 0 Å². The lowest BCUT2D eigenvalue weighted by atomic mass is 10.0. The van der Waals surface area contributed by atoms with Crippen LogP contribution < -0.4 is 5.32 Å². The minimum absolute atomic E-state index is 0.0783. The Kier molecular flexibility index (Phi) is 6.79. The highest BCUT2D eigenvalue weighted by Gasteiger charge is 2.44. The number of nitrogens with zero attached hydrogens (tertiary/aromatic N) is 2. The van der Waals surface area contributed by atoms with E-state index in [-0.39, 0.29) is 23.4 Å². The summed E-state index contributed by atoms with van der Waals surface area (Å²) >= 11 is 1.67. The van der Waals surface area contributed by atoms with Crippen LogP contribution in [0.15, 0.2) is 42.5 Å². The van der Waals surface area contributed by atoms with Crippen LogP contribution in [-0.4, -0.2) is 46.1 Å².